The molecule has 0 radical (unpaired) electrons. The second kappa shape index (κ2) is 9.90. The summed E-state index contributed by atoms with van der Waals surface area (Å²) >= 11 is 13.1. The highest BCUT2D eigenvalue weighted by atomic mass is 35.5. The number of fused-ring (bicyclic) bond motifs is 1. The summed E-state index contributed by atoms with van der Waals surface area (Å²) in [7, 11) is 0. The number of benzene rings is 2. The van der Waals surface area contributed by atoms with Gasteiger partial charge < -0.3 is 19.3 Å². The zero-order valence-corrected chi connectivity index (χ0v) is 24.0. The molecule has 5 atom stereocenters. The van der Waals surface area contributed by atoms with E-state index in [2.05, 4.69) is 15.5 Å². The smallest absolute Gasteiger partial charge is 0.230 e. The van der Waals surface area contributed by atoms with E-state index in [-0.39, 0.29) is 18.4 Å². The van der Waals surface area contributed by atoms with E-state index in [0.717, 1.165) is 16.8 Å². The van der Waals surface area contributed by atoms with Crippen LogP contribution in [0.1, 0.15) is 28.6 Å². The lowest BCUT2D eigenvalue weighted by Gasteiger charge is -2.33. The van der Waals surface area contributed by atoms with Crippen LogP contribution in [-0.2, 0) is 19.1 Å². The molecule has 4 aliphatic rings. The van der Waals surface area contributed by atoms with Crippen LogP contribution in [0.15, 0.2) is 48.6 Å². The van der Waals surface area contributed by atoms with Crippen LogP contribution in [0.4, 0.5) is 0 Å². The van der Waals surface area contributed by atoms with Crippen molar-refractivity contribution in [3.05, 3.63) is 81.1 Å². The molecule has 12 heteroatoms. The number of para-hydroxylation sites is 1. The van der Waals surface area contributed by atoms with E-state index < -0.39 is 29.6 Å². The molecule has 10 nitrogen and oxygen atoms in total. The molecule has 3 aromatic rings. The number of aromatic nitrogens is 4. The summed E-state index contributed by atoms with van der Waals surface area (Å²) in [5.41, 5.74) is 2.47. The minimum atomic E-state index is -0.928. The highest BCUT2D eigenvalue weighted by Crippen LogP contribution is 2.54. The SMILES string of the molecule is Cc1cccc(C)c1-n1nnnc1[C@H](c1ccc(Cl)cc1Cl)N1C[C@@]23C=C[C@@H](O2)[C@@H](C(=O)N2CCOCC2)[C@H]3C1=O. The van der Waals surface area contributed by atoms with E-state index in [4.69, 9.17) is 32.7 Å². The first-order valence-corrected chi connectivity index (χ1v) is 14.4. The molecule has 41 heavy (non-hydrogen) atoms. The maximum Gasteiger partial charge on any atom is 0.230 e. The third-order valence-corrected chi connectivity index (χ3v) is 9.26. The van der Waals surface area contributed by atoms with Gasteiger partial charge in [0.15, 0.2) is 5.82 Å². The number of aryl methyl sites for hydroxylation is 2. The molecular formula is C29H28Cl2N6O4. The third-order valence-electron chi connectivity index (χ3n) is 8.70. The Kier molecular flexibility index (Phi) is 6.42. The van der Waals surface area contributed by atoms with Gasteiger partial charge in [0, 0.05) is 28.7 Å². The van der Waals surface area contributed by atoms with Crippen LogP contribution in [0, 0.1) is 25.7 Å². The number of rotatable bonds is 5. The van der Waals surface area contributed by atoms with Crippen LogP contribution in [-0.4, -0.2) is 86.4 Å². The minimum Gasteiger partial charge on any atom is -0.378 e. The molecule has 3 fully saturated rings. The largest absolute Gasteiger partial charge is 0.378 e. The van der Waals surface area contributed by atoms with Crippen molar-refractivity contribution in [2.24, 2.45) is 11.8 Å². The number of ether oxygens (including phenoxy) is 2. The minimum absolute atomic E-state index is 0.0776. The molecule has 4 aliphatic heterocycles. The molecule has 3 saturated heterocycles. The first-order valence-electron chi connectivity index (χ1n) is 13.6. The molecule has 0 saturated carbocycles. The summed E-state index contributed by atoms with van der Waals surface area (Å²) in [6, 6.07) is 10.4. The third kappa shape index (κ3) is 4.11. The Morgan fingerprint density at radius 1 is 1.12 bits per heavy atom. The summed E-state index contributed by atoms with van der Waals surface area (Å²) in [5.74, 6) is -1.15. The van der Waals surface area contributed by atoms with Crippen LogP contribution >= 0.6 is 23.2 Å². The Bertz CT molecular complexity index is 1570. The van der Waals surface area contributed by atoms with E-state index in [1.165, 1.54) is 0 Å². The Hall–Kier alpha value is -3.31. The lowest BCUT2D eigenvalue weighted by atomic mass is 9.76. The first-order chi connectivity index (χ1) is 19.8. The molecule has 2 amide bonds. The fraction of sp³-hybridized carbons (Fsp3) is 0.414. The van der Waals surface area contributed by atoms with E-state index in [1.807, 2.05) is 44.2 Å². The van der Waals surface area contributed by atoms with Crippen molar-refractivity contribution < 1.29 is 19.1 Å². The molecule has 0 unspecified atom stereocenters. The highest BCUT2D eigenvalue weighted by molar-refractivity contribution is 6.35. The van der Waals surface area contributed by atoms with Gasteiger partial charge in [0.25, 0.3) is 0 Å². The zero-order valence-electron chi connectivity index (χ0n) is 22.5. The number of hydrogen-bond donors (Lipinski definition) is 0. The quantitative estimate of drug-likeness (QED) is 0.417. The lowest BCUT2D eigenvalue weighted by molar-refractivity contribution is -0.146. The number of likely N-dealkylation sites (tertiary alicyclic amines) is 1. The number of amides is 2. The second-order valence-corrected chi connectivity index (χ2v) is 11.9. The standard InChI is InChI=1S/C29H28Cl2N6O4/c1-16-4-3-5-17(2)24(16)37-26(32-33-34-37)25(19-7-6-18(30)14-20(19)31)36-15-29-9-8-21(41-29)22(23(29)28(36)39)27(38)35-10-12-40-13-11-35/h3-9,14,21-23,25H,10-13,15H2,1-2H3/t21-,22-,23+,25+,29-/m1/s1. The predicted molar refractivity (Wildman–Crippen MR) is 150 cm³/mol. The summed E-state index contributed by atoms with van der Waals surface area (Å²) in [4.78, 5) is 31.8. The van der Waals surface area contributed by atoms with Gasteiger partial charge in [-0.15, -0.1) is 5.10 Å². The molecule has 1 aromatic heterocycles. The maximum atomic E-state index is 14.5. The lowest BCUT2D eigenvalue weighted by Crippen LogP contribution is -2.49. The zero-order chi connectivity index (χ0) is 28.5. The Labute approximate surface area is 246 Å². The Morgan fingerprint density at radius 2 is 1.88 bits per heavy atom. The van der Waals surface area contributed by atoms with Crippen LogP contribution in [0.2, 0.25) is 10.0 Å². The molecule has 5 heterocycles. The first kappa shape index (κ1) is 26.6. The number of morpholine rings is 1. The van der Waals surface area contributed by atoms with Crippen molar-refractivity contribution in [3.63, 3.8) is 0 Å². The Balaban J connectivity index is 1.34. The van der Waals surface area contributed by atoms with Gasteiger partial charge in [-0.05, 0) is 47.5 Å². The van der Waals surface area contributed by atoms with E-state index >= 15 is 0 Å². The van der Waals surface area contributed by atoms with Gasteiger partial charge in [-0.1, -0.05) is 59.6 Å². The number of tetrazole rings is 1. The van der Waals surface area contributed by atoms with Crippen LogP contribution in [0.3, 0.4) is 0 Å². The van der Waals surface area contributed by atoms with Crippen molar-refractivity contribution >= 4 is 35.0 Å². The van der Waals surface area contributed by atoms with E-state index in [0.29, 0.717) is 47.7 Å². The van der Waals surface area contributed by atoms with Gasteiger partial charge in [-0.3, -0.25) is 9.59 Å². The normalized spacial score (nSPS) is 27.5. The van der Waals surface area contributed by atoms with Crippen molar-refractivity contribution in [1.29, 1.82) is 0 Å². The fourth-order valence-electron chi connectivity index (χ4n) is 6.86. The number of nitrogens with zero attached hydrogens (tertiary/aromatic N) is 6. The molecule has 1 spiro atoms. The van der Waals surface area contributed by atoms with E-state index in [9.17, 15) is 9.59 Å². The van der Waals surface area contributed by atoms with Crippen LogP contribution in [0.5, 0.6) is 0 Å². The Morgan fingerprint density at radius 3 is 2.61 bits per heavy atom. The number of carbonyl (C=O) groups is 2. The molecular weight excluding hydrogens is 567 g/mol. The van der Waals surface area contributed by atoms with Gasteiger partial charge in [0.1, 0.15) is 11.6 Å². The van der Waals surface area contributed by atoms with Crippen LogP contribution < -0.4 is 0 Å². The average molecular weight is 595 g/mol. The number of halogens is 2. The molecule has 0 N–H and O–H groups in total. The van der Waals surface area contributed by atoms with Crippen molar-refractivity contribution in [1.82, 2.24) is 30.0 Å². The monoisotopic (exact) mass is 594 g/mol. The van der Waals surface area contributed by atoms with Crippen LogP contribution in [0.25, 0.3) is 5.69 Å². The number of hydrogen-bond acceptors (Lipinski definition) is 7. The molecule has 0 aliphatic carbocycles. The van der Waals surface area contributed by atoms with Crippen molar-refractivity contribution in [2.45, 2.75) is 31.6 Å². The van der Waals surface area contributed by atoms with E-state index in [1.54, 1.807) is 32.7 Å². The average Bonchev–Trinajstić information content (AvgIpc) is 3.72. The predicted octanol–water partition coefficient (Wildman–Crippen LogP) is 3.32. The maximum absolute atomic E-state index is 14.5. The van der Waals surface area contributed by atoms with Crippen molar-refractivity contribution in [3.8, 4) is 5.69 Å². The topological polar surface area (TPSA) is 103 Å². The van der Waals surface area contributed by atoms with Gasteiger partial charge in [-0.25, -0.2) is 0 Å². The van der Waals surface area contributed by atoms with Gasteiger partial charge in [-0.2, -0.15) is 4.68 Å². The molecule has 2 bridgehead atoms. The molecule has 2 aromatic carbocycles. The molecule has 212 valence electrons. The van der Waals surface area contributed by atoms with Gasteiger partial charge in [0.2, 0.25) is 11.8 Å². The summed E-state index contributed by atoms with van der Waals surface area (Å²) in [6.45, 7) is 6.15. The van der Waals surface area contributed by atoms with Crippen molar-refractivity contribution in [2.75, 3.05) is 32.8 Å². The molecule has 7 rings (SSSR count). The second-order valence-electron chi connectivity index (χ2n) is 11.1. The fourth-order valence-corrected chi connectivity index (χ4v) is 7.37. The number of carbonyl (C=O) groups excluding carboxylic acids is 2. The summed E-state index contributed by atoms with van der Waals surface area (Å²) < 4.78 is 13.6. The summed E-state index contributed by atoms with van der Waals surface area (Å²) in [5, 5.41) is 13.7. The van der Waals surface area contributed by atoms with Gasteiger partial charge >= 0.3 is 0 Å². The summed E-state index contributed by atoms with van der Waals surface area (Å²) in [6.07, 6.45) is 3.42. The highest BCUT2D eigenvalue weighted by Gasteiger charge is 2.68. The van der Waals surface area contributed by atoms with Gasteiger partial charge in [0.05, 0.1) is 43.4 Å².